The topological polar surface area (TPSA) is 70.0 Å². The number of anilines is 1. The van der Waals surface area contributed by atoms with Gasteiger partial charge in [0.25, 0.3) is 5.91 Å². The quantitative estimate of drug-likeness (QED) is 0.858. The maximum atomic E-state index is 12.6. The number of hydrogen-bond donors (Lipinski definition) is 1. The van der Waals surface area contributed by atoms with Crippen molar-refractivity contribution < 1.29 is 22.8 Å². The average Bonchev–Trinajstić information content (AvgIpc) is 2.36. The lowest BCUT2D eigenvalue weighted by atomic mass is 10.1. The van der Waals surface area contributed by atoms with Gasteiger partial charge in [-0.25, -0.2) is 0 Å². The lowest BCUT2D eigenvalue weighted by molar-refractivity contribution is -0.137. The van der Waals surface area contributed by atoms with Crippen LogP contribution in [0.3, 0.4) is 0 Å². The lowest BCUT2D eigenvalue weighted by Crippen LogP contribution is -2.22. The van der Waals surface area contributed by atoms with Gasteiger partial charge in [-0.3, -0.25) is 9.59 Å². The molecular weight excluding hydrogens is 261 g/mol. The molecule has 19 heavy (non-hydrogen) atoms. The molecular formula is C12H9F3N2O2. The molecule has 0 saturated carbocycles. The highest BCUT2D eigenvalue weighted by Crippen LogP contribution is 2.33. The van der Waals surface area contributed by atoms with Crippen LogP contribution < -0.4 is 5.32 Å². The summed E-state index contributed by atoms with van der Waals surface area (Å²) in [4.78, 5) is 22.3. The molecule has 1 rings (SSSR count). The van der Waals surface area contributed by atoms with Crippen molar-refractivity contribution in [3.8, 4) is 6.07 Å². The number of benzene rings is 1. The van der Waals surface area contributed by atoms with Crippen molar-refractivity contribution in [3.63, 3.8) is 0 Å². The monoisotopic (exact) mass is 270 g/mol. The smallest absolute Gasteiger partial charge is 0.319 e. The van der Waals surface area contributed by atoms with Crippen LogP contribution in [-0.4, -0.2) is 11.7 Å². The van der Waals surface area contributed by atoms with Gasteiger partial charge < -0.3 is 5.32 Å². The highest BCUT2D eigenvalue weighted by molar-refractivity contribution is 6.40. The number of hydrogen-bond acceptors (Lipinski definition) is 3. The number of halogens is 3. The fraction of sp³-hybridized carbons (Fsp3) is 0.250. The van der Waals surface area contributed by atoms with E-state index < -0.39 is 29.0 Å². The van der Waals surface area contributed by atoms with Crippen molar-refractivity contribution in [2.75, 3.05) is 5.32 Å². The predicted octanol–water partition coefficient (Wildman–Crippen LogP) is 2.49. The van der Waals surface area contributed by atoms with Crippen LogP contribution in [0, 0.1) is 11.3 Å². The van der Waals surface area contributed by atoms with E-state index >= 15 is 0 Å². The number of carbonyl (C=O) groups excluding carboxylic acids is 2. The first-order chi connectivity index (χ1) is 8.79. The van der Waals surface area contributed by atoms with Gasteiger partial charge in [0.1, 0.15) is 0 Å². The zero-order valence-corrected chi connectivity index (χ0v) is 9.84. The van der Waals surface area contributed by atoms with Crippen LogP contribution in [0.2, 0.25) is 0 Å². The third-order valence-electron chi connectivity index (χ3n) is 2.28. The minimum absolute atomic E-state index is 0.0474. The van der Waals surface area contributed by atoms with Crippen molar-refractivity contribution in [2.24, 2.45) is 0 Å². The van der Waals surface area contributed by atoms with Crippen molar-refractivity contribution in [1.82, 2.24) is 0 Å². The van der Waals surface area contributed by atoms with E-state index in [4.69, 9.17) is 5.26 Å². The van der Waals surface area contributed by atoms with E-state index in [9.17, 15) is 22.8 Å². The van der Waals surface area contributed by atoms with E-state index in [1.807, 2.05) is 0 Å². The van der Waals surface area contributed by atoms with Gasteiger partial charge in [-0.05, 0) is 18.2 Å². The second-order valence-electron chi connectivity index (χ2n) is 3.60. The summed E-state index contributed by atoms with van der Waals surface area (Å²) in [6.45, 7) is 1.46. The number of alkyl halides is 3. The molecule has 0 spiro atoms. The van der Waals surface area contributed by atoms with E-state index in [1.165, 1.54) is 13.0 Å². The second kappa shape index (κ2) is 5.52. The van der Waals surface area contributed by atoms with Gasteiger partial charge >= 0.3 is 6.18 Å². The first kappa shape index (κ1) is 14.7. The molecule has 4 nitrogen and oxygen atoms in total. The van der Waals surface area contributed by atoms with Crippen LogP contribution in [0.5, 0.6) is 0 Å². The van der Waals surface area contributed by atoms with Crippen LogP contribution in [-0.2, 0) is 15.8 Å². The Labute approximate surface area is 106 Å². The summed E-state index contributed by atoms with van der Waals surface area (Å²) >= 11 is 0. The number of nitrogens with one attached hydrogen (secondary N) is 1. The van der Waals surface area contributed by atoms with Crippen molar-refractivity contribution in [3.05, 3.63) is 29.3 Å². The lowest BCUT2D eigenvalue weighted by Gasteiger charge is -2.11. The summed E-state index contributed by atoms with van der Waals surface area (Å²) < 4.78 is 37.9. The third kappa shape index (κ3) is 3.55. The molecule has 0 atom stereocenters. The van der Waals surface area contributed by atoms with Crippen molar-refractivity contribution in [2.45, 2.75) is 19.5 Å². The largest absolute Gasteiger partial charge is 0.417 e. The fourth-order valence-electron chi connectivity index (χ4n) is 1.32. The molecule has 100 valence electrons. The fourth-order valence-corrected chi connectivity index (χ4v) is 1.32. The summed E-state index contributed by atoms with van der Waals surface area (Å²) in [5, 5.41) is 10.6. The van der Waals surface area contributed by atoms with Crippen LogP contribution in [0.1, 0.15) is 24.5 Å². The molecule has 0 aliphatic carbocycles. The zero-order chi connectivity index (χ0) is 14.6. The number of rotatable bonds is 3. The van der Waals surface area contributed by atoms with Gasteiger partial charge in [0.2, 0.25) is 5.78 Å². The van der Waals surface area contributed by atoms with E-state index in [0.717, 1.165) is 12.1 Å². The normalized spacial score (nSPS) is 10.7. The zero-order valence-electron chi connectivity index (χ0n) is 9.84. The van der Waals surface area contributed by atoms with Crippen molar-refractivity contribution in [1.29, 1.82) is 5.26 Å². The Hall–Kier alpha value is -2.36. The molecule has 1 aromatic carbocycles. The first-order valence-electron chi connectivity index (χ1n) is 5.25. The van der Waals surface area contributed by atoms with Gasteiger partial charge in [-0.1, -0.05) is 6.92 Å². The minimum Gasteiger partial charge on any atom is -0.319 e. The molecule has 0 heterocycles. The number of amides is 1. The number of nitrogens with zero attached hydrogens (tertiary/aromatic N) is 1. The Bertz CT molecular complexity index is 559. The van der Waals surface area contributed by atoms with Gasteiger partial charge in [-0.15, -0.1) is 0 Å². The summed E-state index contributed by atoms with van der Waals surface area (Å²) in [5.41, 5.74) is -1.89. The molecule has 7 heteroatoms. The SMILES string of the molecule is CCC(=O)C(=O)Nc1ccc(C#N)c(C(F)(F)F)c1. The van der Waals surface area contributed by atoms with E-state index in [0.29, 0.717) is 6.07 Å². The Morgan fingerprint density at radius 2 is 2.00 bits per heavy atom. The molecule has 0 aliphatic heterocycles. The molecule has 0 radical (unpaired) electrons. The molecule has 0 aliphatic rings. The molecule has 1 amide bonds. The molecule has 0 bridgehead atoms. The van der Waals surface area contributed by atoms with E-state index in [2.05, 4.69) is 5.32 Å². The van der Waals surface area contributed by atoms with Crippen LogP contribution >= 0.6 is 0 Å². The Balaban J connectivity index is 3.10. The van der Waals surface area contributed by atoms with Crippen LogP contribution in [0.4, 0.5) is 18.9 Å². The summed E-state index contributed by atoms with van der Waals surface area (Å²) in [5.74, 6) is -1.72. The summed E-state index contributed by atoms with van der Waals surface area (Å²) in [6, 6.07) is 4.11. The Kier molecular flexibility index (Phi) is 4.27. The Morgan fingerprint density at radius 3 is 2.47 bits per heavy atom. The first-order valence-corrected chi connectivity index (χ1v) is 5.25. The van der Waals surface area contributed by atoms with E-state index in [-0.39, 0.29) is 12.1 Å². The molecule has 0 fully saturated rings. The van der Waals surface area contributed by atoms with Gasteiger partial charge in [-0.2, -0.15) is 18.4 Å². The van der Waals surface area contributed by atoms with E-state index in [1.54, 1.807) is 0 Å². The highest BCUT2D eigenvalue weighted by atomic mass is 19.4. The highest BCUT2D eigenvalue weighted by Gasteiger charge is 2.34. The molecule has 0 aromatic heterocycles. The Morgan fingerprint density at radius 1 is 1.37 bits per heavy atom. The minimum atomic E-state index is -4.71. The third-order valence-corrected chi connectivity index (χ3v) is 2.28. The molecule has 0 saturated heterocycles. The number of carbonyl (C=O) groups is 2. The average molecular weight is 270 g/mol. The maximum Gasteiger partial charge on any atom is 0.417 e. The molecule has 1 N–H and O–H groups in total. The number of ketones is 1. The number of Topliss-reactive ketones (excluding diaryl/α,β-unsaturated/α-hetero) is 1. The van der Waals surface area contributed by atoms with Crippen LogP contribution in [0.25, 0.3) is 0 Å². The van der Waals surface area contributed by atoms with Gasteiger partial charge in [0, 0.05) is 12.1 Å². The van der Waals surface area contributed by atoms with Crippen molar-refractivity contribution >= 4 is 17.4 Å². The second-order valence-corrected chi connectivity index (χ2v) is 3.60. The molecule has 0 unspecified atom stereocenters. The maximum absolute atomic E-state index is 12.6. The summed E-state index contributed by atoms with van der Waals surface area (Å²) in [6.07, 6.45) is -4.76. The van der Waals surface area contributed by atoms with Gasteiger partial charge in [0.15, 0.2) is 0 Å². The standard InChI is InChI=1S/C12H9F3N2O2/c1-2-10(18)11(19)17-8-4-3-7(6-16)9(5-8)12(13,14)15/h3-5H,2H2,1H3,(H,17,19). The van der Waals surface area contributed by atoms with Crippen LogP contribution in [0.15, 0.2) is 18.2 Å². The summed E-state index contributed by atoms with van der Waals surface area (Å²) in [7, 11) is 0. The van der Waals surface area contributed by atoms with Gasteiger partial charge in [0.05, 0.1) is 17.2 Å². The molecule has 1 aromatic rings. The number of nitriles is 1. The predicted molar refractivity (Wildman–Crippen MR) is 60.1 cm³/mol.